The van der Waals surface area contributed by atoms with Crippen LogP contribution in [-0.2, 0) is 17.5 Å². The molecule has 0 aliphatic carbocycles. The number of aryl methyl sites for hydroxylation is 1. The van der Waals surface area contributed by atoms with Crippen LogP contribution in [0.25, 0.3) is 10.6 Å². The van der Waals surface area contributed by atoms with Crippen LogP contribution in [0.1, 0.15) is 27.3 Å². The van der Waals surface area contributed by atoms with Crippen molar-refractivity contribution in [1.29, 1.82) is 0 Å². The number of carbonyl (C=O) groups is 1. The second-order valence-corrected chi connectivity index (χ2v) is 7.80. The van der Waals surface area contributed by atoms with E-state index in [4.69, 9.17) is 9.15 Å². The lowest BCUT2D eigenvalue weighted by molar-refractivity contribution is -0.137. The van der Waals surface area contributed by atoms with Crippen molar-refractivity contribution in [2.45, 2.75) is 19.6 Å². The van der Waals surface area contributed by atoms with Crippen LogP contribution < -0.4 is 5.32 Å². The predicted octanol–water partition coefficient (Wildman–Crippen LogP) is 4.21. The zero-order chi connectivity index (χ0) is 22.0. The Morgan fingerprint density at radius 3 is 2.71 bits per heavy atom. The maximum atomic E-state index is 14.0. The number of nitrogens with one attached hydrogen (secondary N) is 1. The van der Waals surface area contributed by atoms with Crippen LogP contribution in [0.15, 0.2) is 35.1 Å². The van der Waals surface area contributed by atoms with Gasteiger partial charge in [-0.3, -0.25) is 9.69 Å². The molecule has 3 aromatic rings. The van der Waals surface area contributed by atoms with Crippen molar-refractivity contribution in [1.82, 2.24) is 14.3 Å². The predicted molar refractivity (Wildman–Crippen MR) is 108 cm³/mol. The normalized spacial score (nSPS) is 15.2. The van der Waals surface area contributed by atoms with Crippen LogP contribution in [0.4, 0.5) is 18.9 Å². The van der Waals surface area contributed by atoms with Gasteiger partial charge < -0.3 is 14.5 Å². The molecule has 0 spiro atoms. The number of alkyl halides is 3. The second-order valence-electron chi connectivity index (χ2n) is 7.05. The fourth-order valence-corrected chi connectivity index (χ4v) is 4.11. The molecule has 3 heterocycles. The van der Waals surface area contributed by atoms with Crippen LogP contribution in [0.5, 0.6) is 0 Å². The Bertz CT molecular complexity index is 1060. The number of benzene rings is 1. The summed E-state index contributed by atoms with van der Waals surface area (Å²) in [5.41, 5.74) is -0.779. The SMILES string of the molecule is Cc1ccc(NC(=O)c2ccoc2)c(-c2nc(CN3CCOCC3)ns2)c1C(F)(F)F. The summed E-state index contributed by atoms with van der Waals surface area (Å²) < 4.78 is 56.4. The molecule has 1 amide bonds. The van der Waals surface area contributed by atoms with Crippen LogP contribution in [-0.4, -0.2) is 46.5 Å². The molecule has 1 aromatic carbocycles. The number of aromatic nitrogens is 2. The summed E-state index contributed by atoms with van der Waals surface area (Å²) >= 11 is 0.880. The lowest BCUT2D eigenvalue weighted by Crippen LogP contribution is -2.35. The fourth-order valence-electron chi connectivity index (χ4n) is 3.37. The molecule has 1 aliphatic heterocycles. The maximum Gasteiger partial charge on any atom is 0.417 e. The quantitative estimate of drug-likeness (QED) is 0.625. The highest BCUT2D eigenvalue weighted by Gasteiger charge is 2.38. The molecular weight excluding hydrogens is 433 g/mol. The smallest absolute Gasteiger partial charge is 0.417 e. The Morgan fingerprint density at radius 2 is 2.03 bits per heavy atom. The highest BCUT2D eigenvalue weighted by molar-refractivity contribution is 7.09. The molecular formula is C20H19F3N4O3S. The van der Waals surface area contributed by atoms with E-state index in [2.05, 4.69) is 19.6 Å². The van der Waals surface area contributed by atoms with Gasteiger partial charge in [0.2, 0.25) is 0 Å². The first kappa shape index (κ1) is 21.5. The summed E-state index contributed by atoms with van der Waals surface area (Å²) in [5.74, 6) is -0.145. The summed E-state index contributed by atoms with van der Waals surface area (Å²) in [6.45, 7) is 4.40. The van der Waals surface area contributed by atoms with E-state index in [0.717, 1.165) is 11.5 Å². The Hall–Kier alpha value is -2.76. The third kappa shape index (κ3) is 4.78. The largest absolute Gasteiger partial charge is 0.472 e. The van der Waals surface area contributed by atoms with E-state index in [1.54, 1.807) is 0 Å². The first-order valence-electron chi connectivity index (χ1n) is 9.50. The molecule has 1 fully saturated rings. The molecule has 164 valence electrons. The molecule has 0 saturated carbocycles. The number of halogens is 3. The number of hydrogen-bond donors (Lipinski definition) is 1. The molecule has 1 saturated heterocycles. The molecule has 0 atom stereocenters. The highest BCUT2D eigenvalue weighted by Crippen LogP contribution is 2.43. The van der Waals surface area contributed by atoms with Gasteiger partial charge in [0.15, 0.2) is 5.82 Å². The molecule has 7 nitrogen and oxygen atoms in total. The average molecular weight is 452 g/mol. The lowest BCUT2D eigenvalue weighted by atomic mass is 9.99. The van der Waals surface area contributed by atoms with Crippen LogP contribution in [0.2, 0.25) is 0 Å². The Morgan fingerprint density at radius 1 is 1.26 bits per heavy atom. The summed E-state index contributed by atoms with van der Waals surface area (Å²) in [4.78, 5) is 18.9. The molecule has 1 N–H and O–H groups in total. The molecule has 0 radical (unpaired) electrons. The monoisotopic (exact) mass is 452 g/mol. The fraction of sp³-hybridized carbons (Fsp3) is 0.350. The van der Waals surface area contributed by atoms with Crippen molar-refractivity contribution in [3.8, 4) is 10.6 Å². The van der Waals surface area contributed by atoms with Gasteiger partial charge in [-0.1, -0.05) is 6.07 Å². The lowest BCUT2D eigenvalue weighted by Gasteiger charge is -2.25. The van der Waals surface area contributed by atoms with E-state index in [1.165, 1.54) is 37.6 Å². The topological polar surface area (TPSA) is 80.5 Å². The molecule has 11 heteroatoms. The molecule has 4 rings (SSSR count). The van der Waals surface area contributed by atoms with Crippen LogP contribution in [0.3, 0.4) is 0 Å². The number of anilines is 1. The number of furan rings is 1. The number of morpholine rings is 1. The minimum atomic E-state index is -4.63. The Labute approximate surface area is 180 Å². The van der Waals surface area contributed by atoms with E-state index in [1.807, 2.05) is 0 Å². The van der Waals surface area contributed by atoms with Crippen molar-refractivity contribution in [2.24, 2.45) is 0 Å². The molecule has 0 unspecified atom stereocenters. The van der Waals surface area contributed by atoms with Gasteiger partial charge >= 0.3 is 6.18 Å². The Kier molecular flexibility index (Phi) is 6.08. The zero-order valence-corrected chi connectivity index (χ0v) is 17.3. The van der Waals surface area contributed by atoms with Gasteiger partial charge in [0.25, 0.3) is 5.91 Å². The Balaban J connectivity index is 1.72. The van der Waals surface area contributed by atoms with Crippen molar-refractivity contribution in [3.63, 3.8) is 0 Å². The molecule has 2 aromatic heterocycles. The minimum absolute atomic E-state index is 0.0122. The number of ether oxygens (including phenoxy) is 1. The highest BCUT2D eigenvalue weighted by atomic mass is 32.1. The minimum Gasteiger partial charge on any atom is -0.472 e. The van der Waals surface area contributed by atoms with Gasteiger partial charge in [0.05, 0.1) is 42.8 Å². The number of rotatable bonds is 5. The van der Waals surface area contributed by atoms with Gasteiger partial charge in [-0.15, -0.1) is 0 Å². The van der Waals surface area contributed by atoms with E-state index in [-0.39, 0.29) is 27.4 Å². The van der Waals surface area contributed by atoms with Gasteiger partial charge in [-0.05, 0) is 36.2 Å². The van der Waals surface area contributed by atoms with Gasteiger partial charge in [0, 0.05) is 18.7 Å². The van der Waals surface area contributed by atoms with E-state index < -0.39 is 17.6 Å². The van der Waals surface area contributed by atoms with E-state index in [9.17, 15) is 18.0 Å². The van der Waals surface area contributed by atoms with Crippen LogP contribution >= 0.6 is 11.5 Å². The average Bonchev–Trinajstić information content (AvgIpc) is 3.41. The first-order chi connectivity index (χ1) is 14.8. The number of hydrogen-bond acceptors (Lipinski definition) is 7. The summed E-state index contributed by atoms with van der Waals surface area (Å²) in [6.07, 6.45) is -2.10. The third-order valence-corrected chi connectivity index (χ3v) is 5.65. The first-order valence-corrected chi connectivity index (χ1v) is 10.3. The molecule has 31 heavy (non-hydrogen) atoms. The van der Waals surface area contributed by atoms with Crippen molar-refractivity contribution in [3.05, 3.63) is 53.2 Å². The maximum absolute atomic E-state index is 14.0. The van der Waals surface area contributed by atoms with Gasteiger partial charge in [-0.2, -0.15) is 17.5 Å². The van der Waals surface area contributed by atoms with Crippen molar-refractivity contribution >= 4 is 23.1 Å². The number of carbonyl (C=O) groups excluding carboxylic acids is 1. The zero-order valence-electron chi connectivity index (χ0n) is 16.5. The summed E-state index contributed by atoms with van der Waals surface area (Å²) in [7, 11) is 0. The van der Waals surface area contributed by atoms with Gasteiger partial charge in [-0.25, -0.2) is 4.98 Å². The van der Waals surface area contributed by atoms with Gasteiger partial charge in [0.1, 0.15) is 11.3 Å². The van der Waals surface area contributed by atoms with Crippen LogP contribution in [0, 0.1) is 6.92 Å². The van der Waals surface area contributed by atoms with Crippen molar-refractivity contribution in [2.75, 3.05) is 31.6 Å². The summed E-state index contributed by atoms with van der Waals surface area (Å²) in [5, 5.41) is 2.65. The van der Waals surface area contributed by atoms with E-state index >= 15 is 0 Å². The standard InChI is InChI=1S/C20H19F3N4O3S/c1-12-2-3-14(24-18(28)13-4-7-30-11-13)16(17(12)20(21,22)23)19-25-15(26-31-19)10-27-5-8-29-9-6-27/h2-4,7,11H,5-6,8-10H2,1H3,(H,24,28). The van der Waals surface area contributed by atoms with Crippen molar-refractivity contribution < 1.29 is 27.1 Å². The number of nitrogens with zero attached hydrogens (tertiary/aromatic N) is 3. The summed E-state index contributed by atoms with van der Waals surface area (Å²) in [6, 6.07) is 4.20. The molecule has 1 aliphatic rings. The second kappa shape index (κ2) is 8.77. The van der Waals surface area contributed by atoms with E-state index in [0.29, 0.717) is 38.7 Å². The molecule has 0 bridgehead atoms. The third-order valence-electron chi connectivity index (χ3n) is 4.88. The number of amides is 1.